The van der Waals surface area contributed by atoms with E-state index in [1.807, 2.05) is 13.8 Å². The maximum Gasteiger partial charge on any atom is 0.379 e. The summed E-state index contributed by atoms with van der Waals surface area (Å²) in [5.41, 5.74) is 2.33. The fraction of sp³-hybridized carbons (Fsp3) is 0.216. The van der Waals surface area contributed by atoms with Gasteiger partial charge in [-0.15, -0.1) is 0 Å². The van der Waals surface area contributed by atoms with Crippen molar-refractivity contribution in [2.45, 2.75) is 41.5 Å². The second kappa shape index (κ2) is 23.2. The summed E-state index contributed by atoms with van der Waals surface area (Å²) >= 11 is 36.9. The molecule has 4 aromatic carbocycles. The number of carbonyl (C=O) groups excluding carboxylic acids is 3. The van der Waals surface area contributed by atoms with Crippen molar-refractivity contribution in [1.29, 1.82) is 0 Å². The monoisotopic (exact) mass is 920 g/mol. The number of hydrogen-bond acceptors (Lipinski definition) is 5. The molecule has 0 N–H and O–H groups in total. The van der Waals surface area contributed by atoms with Gasteiger partial charge in [0.2, 0.25) is 0 Å². The zero-order valence-corrected chi connectivity index (χ0v) is 34.9. The molecule has 0 saturated carbocycles. The normalized spacial score (nSPS) is 9.98. The van der Waals surface area contributed by atoms with Gasteiger partial charge < -0.3 is 9.47 Å². The van der Waals surface area contributed by atoms with Crippen molar-refractivity contribution in [3.8, 4) is 0 Å². The van der Waals surface area contributed by atoms with Gasteiger partial charge in [-0.3, -0.25) is 4.79 Å². The highest BCUT2D eigenvalue weighted by Crippen LogP contribution is 2.31. The maximum absolute atomic E-state index is 13.8. The van der Waals surface area contributed by atoms with E-state index >= 15 is 0 Å². The zero-order valence-electron chi connectivity index (χ0n) is 28.8. The highest BCUT2D eigenvalue weighted by Gasteiger charge is 2.23. The van der Waals surface area contributed by atoms with Crippen molar-refractivity contribution < 1.29 is 41.4 Å². The summed E-state index contributed by atoms with van der Waals surface area (Å²) in [5.74, 6) is -4.97. The fourth-order valence-electron chi connectivity index (χ4n) is 3.67. The molecular weight excluding hydrogens is 893 g/mol. The lowest BCUT2D eigenvalue weighted by molar-refractivity contribution is -0.137. The van der Waals surface area contributed by atoms with Crippen LogP contribution in [0.4, 0.5) is 17.6 Å². The Balaban J connectivity index is 0.000000367. The van der Waals surface area contributed by atoms with Gasteiger partial charge in [-0.1, -0.05) is 75.7 Å². The highest BCUT2D eigenvalue weighted by molar-refractivity contribution is 9.10. The van der Waals surface area contributed by atoms with E-state index in [2.05, 4.69) is 20.7 Å². The van der Waals surface area contributed by atoms with Gasteiger partial charge in [0.25, 0.3) is 5.78 Å². The molecule has 0 heterocycles. The molecule has 16 heteroatoms. The zero-order chi connectivity index (χ0) is 40.7. The van der Waals surface area contributed by atoms with Crippen LogP contribution < -0.4 is 0 Å². The minimum Gasteiger partial charge on any atom is -0.462 e. The Kier molecular flexibility index (Phi) is 21.1. The predicted molar refractivity (Wildman–Crippen MR) is 209 cm³/mol. The van der Waals surface area contributed by atoms with Crippen LogP contribution in [0.2, 0.25) is 20.1 Å². The molecule has 5 nitrogen and oxygen atoms in total. The molecule has 53 heavy (non-hydrogen) atoms. The smallest absolute Gasteiger partial charge is 0.379 e. The van der Waals surface area contributed by atoms with Crippen molar-refractivity contribution in [1.82, 2.24) is 0 Å². The van der Waals surface area contributed by atoms with Crippen molar-refractivity contribution >= 4 is 109 Å². The predicted octanol–water partition coefficient (Wildman–Crippen LogP) is 13.4. The minimum atomic E-state index is -1.07. The largest absolute Gasteiger partial charge is 0.462 e. The van der Waals surface area contributed by atoms with Crippen molar-refractivity contribution in [2.24, 2.45) is 0 Å². The molecule has 0 spiro atoms. The van der Waals surface area contributed by atoms with E-state index in [0.717, 1.165) is 23.3 Å². The molecule has 0 fully saturated rings. The summed E-state index contributed by atoms with van der Waals surface area (Å²) in [7, 11) is 0. The topological polar surface area (TPSA) is 69.7 Å². The quantitative estimate of drug-likeness (QED) is 0.0481. The number of Topliss-reactive ketones (excluding diaryl/α,β-unsaturated/α-hetero) is 1. The van der Waals surface area contributed by atoms with Gasteiger partial charge in [0.05, 0.1) is 28.8 Å². The van der Waals surface area contributed by atoms with Crippen LogP contribution >= 0.6 is 85.5 Å². The lowest BCUT2D eigenvalue weighted by atomic mass is 10.0. The molecule has 0 bridgehead atoms. The Bertz CT molecular complexity index is 1940. The minimum absolute atomic E-state index is 0.0321. The Labute approximate surface area is 343 Å². The molecule has 0 atom stereocenters. The number of esters is 2. The molecule has 286 valence electrons. The summed E-state index contributed by atoms with van der Waals surface area (Å²) in [6, 6.07) is 12.0. The van der Waals surface area contributed by atoms with Crippen LogP contribution in [0.3, 0.4) is 0 Å². The molecule has 0 amide bonds. The van der Waals surface area contributed by atoms with Gasteiger partial charge in [0.15, 0.2) is 0 Å². The Morgan fingerprint density at radius 3 is 1.43 bits per heavy atom. The summed E-state index contributed by atoms with van der Waals surface area (Å²) in [5, 5.41) is 1.40. The van der Waals surface area contributed by atoms with E-state index in [1.54, 1.807) is 39.8 Å². The molecule has 0 unspecified atom stereocenters. The molecule has 0 radical (unpaired) electrons. The molecule has 0 aromatic heterocycles. The molecule has 0 saturated heterocycles. The van der Waals surface area contributed by atoms with Gasteiger partial charge >= 0.3 is 11.9 Å². The van der Waals surface area contributed by atoms with E-state index < -0.39 is 29.4 Å². The molecular formula is C37H31BrCl6F4O5. The van der Waals surface area contributed by atoms with Gasteiger partial charge in [0, 0.05) is 25.7 Å². The van der Waals surface area contributed by atoms with Gasteiger partial charge in [-0.2, -0.15) is 0 Å². The van der Waals surface area contributed by atoms with Crippen molar-refractivity contribution in [2.75, 3.05) is 13.2 Å². The maximum atomic E-state index is 13.8. The third kappa shape index (κ3) is 15.4. The number of ether oxygens (including phenoxy) is 2. The first-order chi connectivity index (χ1) is 24.7. The van der Waals surface area contributed by atoms with E-state index in [4.69, 9.17) is 74.3 Å². The number of rotatable bonds is 6. The number of carbonyl (C=O) groups is 3. The lowest BCUT2D eigenvalue weighted by Crippen LogP contribution is -2.19. The molecule has 4 rings (SSSR count). The summed E-state index contributed by atoms with van der Waals surface area (Å²) < 4.78 is 61.4. The van der Waals surface area contributed by atoms with E-state index in [9.17, 15) is 31.9 Å². The van der Waals surface area contributed by atoms with Crippen LogP contribution in [0.5, 0.6) is 0 Å². The second-order valence-corrected chi connectivity index (χ2v) is 13.9. The van der Waals surface area contributed by atoms with Crippen molar-refractivity contribution in [3.63, 3.8) is 0 Å². The first-order valence-electron chi connectivity index (χ1n) is 15.0. The first kappa shape index (κ1) is 48.2. The van der Waals surface area contributed by atoms with E-state index in [-0.39, 0.29) is 56.1 Å². The Hall–Kier alpha value is -2.83. The third-order valence-electron chi connectivity index (χ3n) is 6.48. The van der Waals surface area contributed by atoms with Crippen LogP contribution in [0.1, 0.15) is 52.0 Å². The number of aryl methyl sites for hydroxylation is 4. The van der Waals surface area contributed by atoms with Gasteiger partial charge in [-0.05, 0) is 128 Å². The van der Waals surface area contributed by atoms with Gasteiger partial charge in [-0.25, -0.2) is 27.2 Å². The second-order valence-electron chi connectivity index (χ2n) is 10.5. The SMILES string of the molecule is CCOC(=O)C(=C(Cl)Cl)c1cc(C)c(Cl)cc1F.CCOC(=O)C(=O)c1cc(C)c(Cl)cc1F.Cc1cc(Br)c(F)cc1Cl.Cc1ccc(F)cc1Cl. The standard InChI is InChI=1S/C12H10Cl3FO2.C11H10ClFO3.C7H5BrClF.C7H6ClF/c1-3-18-12(17)10(11(14)15)7-4-6(2)8(13)5-9(7)16;1-3-16-11(15)10(14)7-4-6(2)8(12)5-9(7)13;1-4-2-5(8)7(10)3-6(4)9;1-5-2-3-6(9)4-7(5)8/h4-5H,3H2,1-2H3;4-5H,3H2,1-2H3;2-3H,1H3;2-4H,1H3. The van der Waals surface area contributed by atoms with Crippen LogP contribution in [0, 0.1) is 51.0 Å². The van der Waals surface area contributed by atoms with Crippen LogP contribution in [0.15, 0.2) is 63.6 Å². The van der Waals surface area contributed by atoms with Crippen LogP contribution in [-0.2, 0) is 19.1 Å². The average Bonchev–Trinajstić information content (AvgIpc) is 3.07. The fourth-order valence-corrected chi connectivity index (χ4v) is 5.10. The van der Waals surface area contributed by atoms with E-state index in [1.165, 1.54) is 30.3 Å². The van der Waals surface area contributed by atoms with Gasteiger partial charge in [0.1, 0.15) is 27.8 Å². The number of halogens is 11. The Morgan fingerprint density at radius 1 is 0.585 bits per heavy atom. The molecule has 0 aliphatic rings. The van der Waals surface area contributed by atoms with E-state index in [0.29, 0.717) is 25.6 Å². The Morgan fingerprint density at radius 2 is 1.00 bits per heavy atom. The molecule has 0 aliphatic carbocycles. The molecule has 0 aliphatic heterocycles. The molecule has 4 aromatic rings. The highest BCUT2D eigenvalue weighted by atomic mass is 79.9. The summed E-state index contributed by atoms with van der Waals surface area (Å²) in [6.07, 6.45) is 0. The number of hydrogen-bond donors (Lipinski definition) is 0. The van der Waals surface area contributed by atoms with Crippen molar-refractivity contribution in [3.05, 3.63) is 140 Å². The summed E-state index contributed by atoms with van der Waals surface area (Å²) in [6.45, 7) is 10.3. The number of ketones is 1. The van der Waals surface area contributed by atoms with Crippen LogP contribution in [-0.4, -0.2) is 30.9 Å². The average molecular weight is 924 g/mol. The first-order valence-corrected chi connectivity index (χ1v) is 18.1. The summed E-state index contributed by atoms with van der Waals surface area (Å²) in [4.78, 5) is 34.3. The van der Waals surface area contributed by atoms with Crippen LogP contribution in [0.25, 0.3) is 5.57 Å². The number of benzene rings is 4. The lowest BCUT2D eigenvalue weighted by Gasteiger charge is -2.10. The third-order valence-corrected chi connectivity index (χ3v) is 9.09.